The molecule has 13 heavy (non-hydrogen) atoms. The summed E-state index contributed by atoms with van der Waals surface area (Å²) in [5.41, 5.74) is 0. The highest BCUT2D eigenvalue weighted by Gasteiger charge is 2.16. The Morgan fingerprint density at radius 1 is 1.46 bits per heavy atom. The molecule has 1 aliphatic heterocycles. The topological polar surface area (TPSA) is 30.5 Å². The van der Waals surface area contributed by atoms with Gasteiger partial charge in [-0.2, -0.15) is 0 Å². The maximum atomic E-state index is 5.65. The van der Waals surface area contributed by atoms with Crippen molar-refractivity contribution in [2.24, 2.45) is 0 Å². The van der Waals surface area contributed by atoms with Gasteiger partial charge in [-0.1, -0.05) is 6.92 Å². The van der Waals surface area contributed by atoms with Gasteiger partial charge >= 0.3 is 0 Å². The Labute approximate surface area is 80.8 Å². The quantitative estimate of drug-likeness (QED) is 0.717. The minimum absolute atomic E-state index is 0.247. The molecule has 78 valence electrons. The minimum atomic E-state index is 0.247. The van der Waals surface area contributed by atoms with Crippen LogP contribution >= 0.6 is 0 Å². The molecule has 0 bridgehead atoms. The summed E-state index contributed by atoms with van der Waals surface area (Å²) in [6.07, 6.45) is 2.56. The lowest BCUT2D eigenvalue weighted by Gasteiger charge is -2.15. The molecule has 2 unspecified atom stereocenters. The van der Waals surface area contributed by atoms with Gasteiger partial charge in [0.1, 0.15) is 0 Å². The summed E-state index contributed by atoms with van der Waals surface area (Å²) in [5.74, 6) is 0. The maximum absolute atomic E-state index is 5.65. The van der Waals surface area contributed by atoms with Gasteiger partial charge < -0.3 is 14.8 Å². The van der Waals surface area contributed by atoms with Gasteiger partial charge in [-0.3, -0.25) is 0 Å². The highest BCUT2D eigenvalue weighted by atomic mass is 16.5. The van der Waals surface area contributed by atoms with Crippen LogP contribution < -0.4 is 5.32 Å². The maximum Gasteiger partial charge on any atom is 0.0932 e. The first-order valence-electron chi connectivity index (χ1n) is 5.29. The first-order valence-corrected chi connectivity index (χ1v) is 5.29. The zero-order valence-electron chi connectivity index (χ0n) is 8.71. The van der Waals surface area contributed by atoms with E-state index in [-0.39, 0.29) is 6.10 Å². The number of hydrogen-bond acceptors (Lipinski definition) is 3. The third-order valence-electron chi connectivity index (χ3n) is 2.45. The van der Waals surface area contributed by atoms with E-state index in [0.717, 1.165) is 32.8 Å². The number of hydrogen-bond donors (Lipinski definition) is 1. The molecule has 0 amide bonds. The Kier molecular flexibility index (Phi) is 5.35. The largest absolute Gasteiger partial charge is 0.379 e. The van der Waals surface area contributed by atoms with Crippen molar-refractivity contribution in [1.29, 1.82) is 0 Å². The average Bonchev–Trinajstić information content (AvgIpc) is 2.39. The van der Waals surface area contributed by atoms with E-state index in [0.29, 0.717) is 6.04 Å². The van der Waals surface area contributed by atoms with Crippen LogP contribution in [0.1, 0.15) is 26.7 Å². The Morgan fingerprint density at radius 3 is 3.00 bits per heavy atom. The lowest BCUT2D eigenvalue weighted by Crippen LogP contribution is -2.34. The van der Waals surface area contributed by atoms with E-state index in [1.807, 2.05) is 6.92 Å². The molecule has 1 fully saturated rings. The third kappa shape index (κ3) is 4.07. The number of rotatable bonds is 4. The minimum Gasteiger partial charge on any atom is -0.379 e. The molecule has 0 aromatic rings. The van der Waals surface area contributed by atoms with Gasteiger partial charge in [0.05, 0.1) is 12.7 Å². The Bertz CT molecular complexity index is 130. The van der Waals surface area contributed by atoms with Gasteiger partial charge in [-0.15, -0.1) is 0 Å². The molecule has 3 heteroatoms. The van der Waals surface area contributed by atoms with E-state index in [4.69, 9.17) is 9.47 Å². The van der Waals surface area contributed by atoms with Crippen molar-refractivity contribution in [2.75, 3.05) is 26.4 Å². The van der Waals surface area contributed by atoms with Gasteiger partial charge in [0.2, 0.25) is 0 Å². The molecule has 2 atom stereocenters. The van der Waals surface area contributed by atoms with E-state index in [2.05, 4.69) is 12.2 Å². The lowest BCUT2D eigenvalue weighted by molar-refractivity contribution is -0.00394. The van der Waals surface area contributed by atoms with E-state index >= 15 is 0 Å². The van der Waals surface area contributed by atoms with Crippen LogP contribution in [0.15, 0.2) is 0 Å². The molecule has 1 rings (SSSR count). The van der Waals surface area contributed by atoms with Gasteiger partial charge in [-0.25, -0.2) is 0 Å². The van der Waals surface area contributed by atoms with Crippen molar-refractivity contribution in [2.45, 2.75) is 38.8 Å². The van der Waals surface area contributed by atoms with E-state index in [1.54, 1.807) is 0 Å². The summed E-state index contributed by atoms with van der Waals surface area (Å²) >= 11 is 0. The van der Waals surface area contributed by atoms with Gasteiger partial charge in [0.25, 0.3) is 0 Å². The number of ether oxygens (including phenoxy) is 2. The van der Waals surface area contributed by atoms with E-state index < -0.39 is 0 Å². The Hall–Kier alpha value is -0.120. The molecule has 1 saturated heterocycles. The Balaban J connectivity index is 2.19. The zero-order valence-corrected chi connectivity index (χ0v) is 8.71. The first kappa shape index (κ1) is 11.0. The second-order valence-corrected chi connectivity index (χ2v) is 3.45. The fourth-order valence-electron chi connectivity index (χ4n) is 1.54. The fraction of sp³-hybridized carbons (Fsp3) is 1.00. The van der Waals surface area contributed by atoms with Crippen LogP contribution in [-0.4, -0.2) is 38.5 Å². The normalized spacial score (nSPS) is 30.0. The molecule has 0 aromatic heterocycles. The zero-order chi connectivity index (χ0) is 9.52. The highest BCUT2D eigenvalue weighted by Crippen LogP contribution is 2.05. The molecule has 1 N–H and O–H groups in total. The summed E-state index contributed by atoms with van der Waals surface area (Å²) in [6, 6.07) is 0.631. The molecule has 1 heterocycles. The van der Waals surface area contributed by atoms with Gasteiger partial charge in [-0.05, 0) is 19.8 Å². The fourth-order valence-corrected chi connectivity index (χ4v) is 1.54. The van der Waals surface area contributed by atoms with Crippen molar-refractivity contribution >= 4 is 0 Å². The second kappa shape index (κ2) is 6.35. The average molecular weight is 187 g/mol. The molecule has 0 saturated carbocycles. The van der Waals surface area contributed by atoms with Crippen LogP contribution in [0.3, 0.4) is 0 Å². The van der Waals surface area contributed by atoms with E-state index in [1.165, 1.54) is 6.42 Å². The highest BCUT2D eigenvalue weighted by molar-refractivity contribution is 4.72. The summed E-state index contributed by atoms with van der Waals surface area (Å²) in [6.45, 7) is 7.51. The van der Waals surface area contributed by atoms with Gasteiger partial charge in [0, 0.05) is 25.8 Å². The van der Waals surface area contributed by atoms with Crippen LogP contribution in [0.2, 0.25) is 0 Å². The van der Waals surface area contributed by atoms with Crippen LogP contribution in [0.25, 0.3) is 0 Å². The van der Waals surface area contributed by atoms with Crippen molar-refractivity contribution in [3.63, 3.8) is 0 Å². The molecule has 0 aliphatic carbocycles. The smallest absolute Gasteiger partial charge is 0.0932 e. The van der Waals surface area contributed by atoms with Crippen molar-refractivity contribution in [1.82, 2.24) is 5.32 Å². The van der Waals surface area contributed by atoms with Crippen LogP contribution in [0.4, 0.5) is 0 Å². The van der Waals surface area contributed by atoms with Crippen molar-refractivity contribution < 1.29 is 9.47 Å². The molecular weight excluding hydrogens is 166 g/mol. The first-order chi connectivity index (χ1) is 6.36. The monoisotopic (exact) mass is 187 g/mol. The van der Waals surface area contributed by atoms with Crippen LogP contribution in [0.5, 0.6) is 0 Å². The van der Waals surface area contributed by atoms with Crippen molar-refractivity contribution in [3.8, 4) is 0 Å². The molecule has 0 spiro atoms. The standard InChI is InChI=1S/C10H21NO2/c1-3-9-5-6-13-10(7-11-9)8-12-4-2/h9-11H,3-8H2,1-2H3. The lowest BCUT2D eigenvalue weighted by atomic mass is 10.2. The second-order valence-electron chi connectivity index (χ2n) is 3.45. The molecule has 1 aliphatic rings. The van der Waals surface area contributed by atoms with Crippen LogP contribution in [0, 0.1) is 0 Å². The summed E-state index contributed by atoms with van der Waals surface area (Å²) < 4.78 is 11.0. The van der Waals surface area contributed by atoms with E-state index in [9.17, 15) is 0 Å². The van der Waals surface area contributed by atoms with Crippen LogP contribution in [-0.2, 0) is 9.47 Å². The molecule has 0 radical (unpaired) electrons. The molecular formula is C10H21NO2. The third-order valence-corrected chi connectivity index (χ3v) is 2.45. The summed E-state index contributed by atoms with van der Waals surface area (Å²) in [5, 5.41) is 3.49. The molecule has 0 aromatic carbocycles. The van der Waals surface area contributed by atoms with Crippen molar-refractivity contribution in [3.05, 3.63) is 0 Å². The predicted octanol–water partition coefficient (Wildman–Crippen LogP) is 1.18. The molecule has 3 nitrogen and oxygen atoms in total. The Morgan fingerprint density at radius 2 is 2.31 bits per heavy atom. The predicted molar refractivity (Wildman–Crippen MR) is 52.9 cm³/mol. The number of nitrogens with one attached hydrogen (secondary N) is 1. The SMILES string of the molecule is CCOCC1CNC(CC)CCO1. The van der Waals surface area contributed by atoms with Gasteiger partial charge in [0.15, 0.2) is 0 Å². The summed E-state index contributed by atoms with van der Waals surface area (Å²) in [7, 11) is 0. The summed E-state index contributed by atoms with van der Waals surface area (Å²) in [4.78, 5) is 0.